The van der Waals surface area contributed by atoms with Crippen molar-refractivity contribution in [1.29, 1.82) is 0 Å². The van der Waals surface area contributed by atoms with E-state index in [0.29, 0.717) is 11.8 Å². The van der Waals surface area contributed by atoms with Gasteiger partial charge in [-0.2, -0.15) is 0 Å². The highest BCUT2D eigenvalue weighted by Gasteiger charge is 2.51. The van der Waals surface area contributed by atoms with Crippen LogP contribution in [0.15, 0.2) is 12.2 Å². The second kappa shape index (κ2) is 1.87. The topological polar surface area (TPSA) is 37.3 Å². The van der Waals surface area contributed by atoms with Crippen LogP contribution in [-0.4, -0.2) is 11.1 Å². The number of allylic oxidation sites excluding steroid dienone is 1. The Morgan fingerprint density at radius 3 is 2.73 bits per heavy atom. The van der Waals surface area contributed by atoms with Gasteiger partial charge in [0, 0.05) is 0 Å². The summed E-state index contributed by atoms with van der Waals surface area (Å²) in [6, 6.07) is 0. The van der Waals surface area contributed by atoms with Gasteiger partial charge >= 0.3 is 5.97 Å². The third kappa shape index (κ3) is 0.697. The Labute approximate surface area is 65.9 Å². The van der Waals surface area contributed by atoms with Crippen LogP contribution in [0.5, 0.6) is 0 Å². The highest BCUT2D eigenvalue weighted by molar-refractivity contribution is 5.79. The van der Waals surface area contributed by atoms with Gasteiger partial charge in [0.05, 0.1) is 5.41 Å². The van der Waals surface area contributed by atoms with Crippen molar-refractivity contribution >= 4 is 5.97 Å². The van der Waals surface area contributed by atoms with Crippen LogP contribution in [0, 0.1) is 17.3 Å². The summed E-state index contributed by atoms with van der Waals surface area (Å²) in [4.78, 5) is 10.9. The Balaban J connectivity index is 2.38. The van der Waals surface area contributed by atoms with Crippen molar-refractivity contribution in [3.63, 3.8) is 0 Å². The molecule has 2 aliphatic rings. The molecule has 0 aliphatic heterocycles. The lowest BCUT2D eigenvalue weighted by atomic mass is 9.79. The molecule has 0 aromatic carbocycles. The van der Waals surface area contributed by atoms with Crippen molar-refractivity contribution in [2.24, 2.45) is 17.3 Å². The quantitative estimate of drug-likeness (QED) is 0.580. The molecular weight excluding hydrogens is 140 g/mol. The summed E-state index contributed by atoms with van der Waals surface area (Å²) in [5.74, 6) is 0.234. The number of carbonyl (C=O) groups is 1. The van der Waals surface area contributed by atoms with Gasteiger partial charge in [0.15, 0.2) is 0 Å². The first kappa shape index (κ1) is 6.89. The Morgan fingerprint density at radius 1 is 1.73 bits per heavy atom. The second-order valence-corrected chi connectivity index (χ2v) is 3.81. The van der Waals surface area contributed by atoms with Crippen molar-refractivity contribution in [3.8, 4) is 0 Å². The van der Waals surface area contributed by atoms with Crippen LogP contribution < -0.4 is 0 Å². The molecule has 3 unspecified atom stereocenters. The van der Waals surface area contributed by atoms with Gasteiger partial charge in [0.1, 0.15) is 0 Å². The summed E-state index contributed by atoms with van der Waals surface area (Å²) in [5.41, 5.74) is -0.495. The summed E-state index contributed by atoms with van der Waals surface area (Å²) in [6.45, 7) is 2.04. The molecule has 60 valence electrons. The summed E-state index contributed by atoms with van der Waals surface area (Å²) in [6.07, 6.45) is 5.86. The summed E-state index contributed by atoms with van der Waals surface area (Å²) < 4.78 is 0. The predicted octanol–water partition coefficient (Wildman–Crippen LogP) is 1.67. The van der Waals surface area contributed by atoms with E-state index in [1.54, 1.807) is 0 Å². The fourth-order valence-electron chi connectivity index (χ4n) is 2.44. The van der Waals surface area contributed by atoms with E-state index in [1.165, 1.54) is 0 Å². The van der Waals surface area contributed by atoms with E-state index < -0.39 is 11.4 Å². The number of hydrogen-bond donors (Lipinski definition) is 1. The number of carboxylic acid groups (broad SMARTS) is 1. The molecule has 0 aromatic heterocycles. The average Bonchev–Trinajstić information content (AvgIpc) is 2.43. The van der Waals surface area contributed by atoms with E-state index in [4.69, 9.17) is 5.11 Å². The van der Waals surface area contributed by atoms with Gasteiger partial charge in [-0.3, -0.25) is 4.79 Å². The van der Waals surface area contributed by atoms with E-state index in [1.807, 2.05) is 13.0 Å². The lowest BCUT2D eigenvalue weighted by Crippen LogP contribution is -2.30. The fraction of sp³-hybridized carbons (Fsp3) is 0.667. The first-order valence-corrected chi connectivity index (χ1v) is 4.08. The van der Waals surface area contributed by atoms with Crippen LogP contribution in [-0.2, 0) is 4.79 Å². The smallest absolute Gasteiger partial charge is 0.313 e. The Kier molecular flexibility index (Phi) is 1.17. The van der Waals surface area contributed by atoms with Crippen LogP contribution in [0.3, 0.4) is 0 Å². The first-order valence-electron chi connectivity index (χ1n) is 4.08. The van der Waals surface area contributed by atoms with Crippen LogP contribution in [0.1, 0.15) is 19.8 Å². The standard InChI is InChI=1S/C9H12O2/c1-6-4-7-2-3-9(6,5-7)8(10)11/h2-3,6-7H,4-5H2,1H3,(H,10,11). The molecule has 2 rings (SSSR count). The van der Waals surface area contributed by atoms with Gasteiger partial charge in [-0.05, 0) is 24.7 Å². The molecule has 0 saturated heterocycles. The molecule has 1 N–H and O–H groups in total. The molecule has 0 heterocycles. The molecule has 2 heteroatoms. The van der Waals surface area contributed by atoms with Crippen molar-refractivity contribution in [2.75, 3.05) is 0 Å². The van der Waals surface area contributed by atoms with Crippen molar-refractivity contribution < 1.29 is 9.90 Å². The SMILES string of the molecule is CC1CC2C=CC1(C(=O)O)C2. The molecule has 11 heavy (non-hydrogen) atoms. The van der Waals surface area contributed by atoms with Crippen molar-refractivity contribution in [1.82, 2.24) is 0 Å². The maximum Gasteiger partial charge on any atom is 0.313 e. The van der Waals surface area contributed by atoms with Gasteiger partial charge in [-0.15, -0.1) is 0 Å². The number of carboxylic acids is 1. The minimum Gasteiger partial charge on any atom is -0.481 e. The summed E-state index contributed by atoms with van der Waals surface area (Å²) in [7, 11) is 0. The van der Waals surface area contributed by atoms with Gasteiger partial charge in [0.25, 0.3) is 0 Å². The average molecular weight is 152 g/mol. The predicted molar refractivity (Wildman–Crippen MR) is 41.1 cm³/mol. The molecule has 0 spiro atoms. The van der Waals surface area contributed by atoms with Crippen LogP contribution in [0.4, 0.5) is 0 Å². The molecule has 0 radical (unpaired) electrons. The molecule has 3 atom stereocenters. The molecule has 1 saturated carbocycles. The molecule has 1 fully saturated rings. The van der Waals surface area contributed by atoms with Crippen LogP contribution in [0.25, 0.3) is 0 Å². The van der Waals surface area contributed by atoms with E-state index in [0.717, 1.165) is 12.8 Å². The second-order valence-electron chi connectivity index (χ2n) is 3.81. The van der Waals surface area contributed by atoms with E-state index >= 15 is 0 Å². The highest BCUT2D eigenvalue weighted by Crippen LogP contribution is 2.52. The van der Waals surface area contributed by atoms with Crippen molar-refractivity contribution in [3.05, 3.63) is 12.2 Å². The van der Waals surface area contributed by atoms with Gasteiger partial charge < -0.3 is 5.11 Å². The highest BCUT2D eigenvalue weighted by atomic mass is 16.4. The molecule has 0 aromatic rings. The molecule has 2 nitrogen and oxygen atoms in total. The number of rotatable bonds is 1. The Hall–Kier alpha value is -0.790. The zero-order valence-corrected chi connectivity index (χ0v) is 6.58. The Morgan fingerprint density at radius 2 is 2.45 bits per heavy atom. The minimum absolute atomic E-state index is 0.329. The largest absolute Gasteiger partial charge is 0.481 e. The lowest BCUT2D eigenvalue weighted by Gasteiger charge is -2.24. The third-order valence-corrected chi connectivity index (χ3v) is 3.20. The summed E-state index contributed by atoms with van der Waals surface area (Å²) in [5, 5.41) is 9.01. The monoisotopic (exact) mass is 152 g/mol. The maximum atomic E-state index is 10.9. The summed E-state index contributed by atoms with van der Waals surface area (Å²) >= 11 is 0. The molecule has 0 amide bonds. The van der Waals surface area contributed by atoms with Gasteiger partial charge in [-0.25, -0.2) is 0 Å². The van der Waals surface area contributed by atoms with E-state index in [2.05, 4.69) is 6.08 Å². The van der Waals surface area contributed by atoms with E-state index in [9.17, 15) is 4.79 Å². The number of fused-ring (bicyclic) bond motifs is 2. The third-order valence-electron chi connectivity index (χ3n) is 3.20. The number of aliphatic carboxylic acids is 1. The van der Waals surface area contributed by atoms with Gasteiger partial charge in [0.2, 0.25) is 0 Å². The van der Waals surface area contributed by atoms with Crippen LogP contribution in [0.2, 0.25) is 0 Å². The molecule has 2 bridgehead atoms. The fourth-order valence-corrected chi connectivity index (χ4v) is 2.44. The van der Waals surface area contributed by atoms with E-state index in [-0.39, 0.29) is 0 Å². The zero-order chi connectivity index (χ0) is 8.06. The van der Waals surface area contributed by atoms with Crippen molar-refractivity contribution in [2.45, 2.75) is 19.8 Å². The normalized spacial score (nSPS) is 46.6. The number of hydrogen-bond acceptors (Lipinski definition) is 1. The Bertz CT molecular complexity index is 232. The zero-order valence-electron chi connectivity index (χ0n) is 6.58. The minimum atomic E-state index is -0.638. The molecule has 2 aliphatic carbocycles. The van der Waals surface area contributed by atoms with Crippen LogP contribution >= 0.6 is 0 Å². The molecular formula is C9H12O2. The van der Waals surface area contributed by atoms with Gasteiger partial charge in [-0.1, -0.05) is 19.1 Å². The first-order chi connectivity index (χ1) is 5.15. The maximum absolute atomic E-state index is 10.9. The lowest BCUT2D eigenvalue weighted by molar-refractivity contribution is -0.147.